The van der Waals surface area contributed by atoms with E-state index in [0.29, 0.717) is 19.4 Å². The molecule has 83 heavy (non-hydrogen) atoms. The summed E-state index contributed by atoms with van der Waals surface area (Å²) in [6.45, 7) is 4.33. The van der Waals surface area contributed by atoms with Gasteiger partial charge in [0.05, 0.1) is 32.0 Å². The van der Waals surface area contributed by atoms with Crippen LogP contribution in [-0.4, -0.2) is 100 Å². The molecule has 0 spiro atoms. The number of carbonyl (C=O) groups excluding carboxylic acids is 2. The SMILES string of the molecule is CCCCCC/C=C\CCCCCCCC(=O)OCCCCCCCCCCCCCC/C=C\CCCCCCCCCCCCCCCCCCCC(=O)NC(COC1OC(CO)C(O)C(O)C1O)C(O)/C=C/CCCCCCCCC. The Labute approximate surface area is 511 Å². The Bertz CT molecular complexity index is 1470. The highest BCUT2D eigenvalue weighted by Crippen LogP contribution is 2.23. The van der Waals surface area contributed by atoms with E-state index in [1.165, 1.54) is 263 Å². The molecule has 11 heteroatoms. The first kappa shape index (κ1) is 78.9. The lowest BCUT2D eigenvalue weighted by Gasteiger charge is -2.40. The van der Waals surface area contributed by atoms with E-state index in [1.807, 2.05) is 6.08 Å². The summed E-state index contributed by atoms with van der Waals surface area (Å²) in [6, 6.07) is -0.806. The van der Waals surface area contributed by atoms with Crippen LogP contribution < -0.4 is 5.32 Å². The summed E-state index contributed by atoms with van der Waals surface area (Å²) >= 11 is 0. The van der Waals surface area contributed by atoms with Crippen molar-refractivity contribution in [2.45, 2.75) is 391 Å². The van der Waals surface area contributed by atoms with E-state index in [2.05, 4.69) is 43.5 Å². The third kappa shape index (κ3) is 50.6. The maximum atomic E-state index is 13.0. The first-order chi connectivity index (χ1) is 40.7. The molecular formula is C72H135NO10. The number of amides is 1. The number of rotatable bonds is 63. The standard InChI is InChI=1S/C72H135NO10/c1-3-5-7-9-11-13-14-36-40-44-48-52-56-60-68(77)81-61-57-53-49-45-41-38-35-33-31-29-27-25-23-21-19-17-15-16-18-20-22-24-26-28-30-32-34-37-39-43-47-51-55-59-67(76)73-64(65(75)58-54-50-46-42-12-10-8-6-4-2)63-82-72-71(80)70(79)69(78)66(62-74)83-72/h13-14,19,21,54,58,64-66,69-72,74-75,78-80H,3-12,15-18,20,22-53,55-57,59-63H2,1-2H3,(H,73,76)/b14-13-,21-19-,58-54+. The van der Waals surface area contributed by atoms with Crippen molar-refractivity contribution < 1.29 is 49.3 Å². The number of carbonyl (C=O) groups is 2. The Balaban J connectivity index is 1.90. The van der Waals surface area contributed by atoms with Crippen LogP contribution in [0.2, 0.25) is 0 Å². The Morgan fingerprint density at radius 2 is 0.771 bits per heavy atom. The molecule has 1 fully saturated rings. The van der Waals surface area contributed by atoms with Crippen LogP contribution in [0.3, 0.4) is 0 Å². The number of hydrogen-bond acceptors (Lipinski definition) is 10. The molecule has 1 aliphatic heterocycles. The van der Waals surface area contributed by atoms with Gasteiger partial charge in [-0.3, -0.25) is 9.59 Å². The van der Waals surface area contributed by atoms with Crippen LogP contribution in [0.4, 0.5) is 0 Å². The molecule has 488 valence electrons. The van der Waals surface area contributed by atoms with Crippen molar-refractivity contribution >= 4 is 11.9 Å². The summed E-state index contributed by atoms with van der Waals surface area (Å²) < 4.78 is 16.7. The van der Waals surface area contributed by atoms with E-state index < -0.39 is 49.5 Å². The fourth-order valence-corrected chi connectivity index (χ4v) is 11.3. The average Bonchev–Trinajstić information content (AvgIpc) is 3.54. The number of unbranched alkanes of at least 4 members (excludes halogenated alkanes) is 45. The monoisotopic (exact) mass is 1170 g/mol. The molecular weight excluding hydrogens is 1040 g/mol. The number of aliphatic hydroxyl groups is 5. The van der Waals surface area contributed by atoms with Crippen LogP contribution in [0.15, 0.2) is 36.5 Å². The highest BCUT2D eigenvalue weighted by Gasteiger charge is 2.44. The van der Waals surface area contributed by atoms with E-state index in [0.717, 1.165) is 57.8 Å². The molecule has 1 amide bonds. The zero-order valence-electron chi connectivity index (χ0n) is 54.2. The normalized spacial score (nSPS) is 18.3. The molecule has 11 nitrogen and oxygen atoms in total. The fraction of sp³-hybridized carbons (Fsp3) is 0.889. The molecule has 0 aliphatic carbocycles. The van der Waals surface area contributed by atoms with Crippen LogP contribution in [0, 0.1) is 0 Å². The highest BCUT2D eigenvalue weighted by molar-refractivity contribution is 5.76. The molecule has 1 saturated heterocycles. The van der Waals surface area contributed by atoms with E-state index in [-0.39, 0.29) is 18.5 Å². The zero-order valence-corrected chi connectivity index (χ0v) is 54.2. The molecule has 0 saturated carbocycles. The van der Waals surface area contributed by atoms with E-state index in [9.17, 15) is 35.1 Å². The number of hydrogen-bond donors (Lipinski definition) is 6. The van der Waals surface area contributed by atoms with Crippen molar-refractivity contribution in [1.82, 2.24) is 5.32 Å². The Morgan fingerprint density at radius 1 is 0.434 bits per heavy atom. The molecule has 6 N–H and O–H groups in total. The number of nitrogens with one attached hydrogen (secondary N) is 1. The predicted octanol–water partition coefficient (Wildman–Crippen LogP) is 18.2. The van der Waals surface area contributed by atoms with Crippen LogP contribution in [0.25, 0.3) is 0 Å². The molecule has 0 aromatic carbocycles. The molecule has 1 heterocycles. The Morgan fingerprint density at radius 3 is 1.17 bits per heavy atom. The largest absolute Gasteiger partial charge is 0.466 e. The summed E-state index contributed by atoms with van der Waals surface area (Å²) in [4.78, 5) is 25.1. The number of allylic oxidation sites excluding steroid dienone is 5. The van der Waals surface area contributed by atoms with Gasteiger partial charge in [0.2, 0.25) is 5.91 Å². The van der Waals surface area contributed by atoms with Crippen molar-refractivity contribution in [3.63, 3.8) is 0 Å². The molecule has 1 aliphatic rings. The van der Waals surface area contributed by atoms with Crippen LogP contribution in [0.5, 0.6) is 0 Å². The second-order valence-corrected chi connectivity index (χ2v) is 24.9. The minimum absolute atomic E-state index is 0.00229. The minimum Gasteiger partial charge on any atom is -0.466 e. The third-order valence-corrected chi connectivity index (χ3v) is 17.0. The molecule has 0 radical (unpaired) electrons. The third-order valence-electron chi connectivity index (χ3n) is 17.0. The van der Waals surface area contributed by atoms with Gasteiger partial charge >= 0.3 is 5.97 Å². The number of esters is 1. The van der Waals surface area contributed by atoms with Gasteiger partial charge in [0, 0.05) is 12.8 Å². The summed E-state index contributed by atoms with van der Waals surface area (Å²) in [5.74, 6) is -0.177. The number of aliphatic hydroxyl groups excluding tert-OH is 5. The van der Waals surface area contributed by atoms with Gasteiger partial charge < -0.3 is 45.1 Å². The van der Waals surface area contributed by atoms with Crippen molar-refractivity contribution in [1.29, 1.82) is 0 Å². The lowest BCUT2D eigenvalue weighted by molar-refractivity contribution is -0.302. The molecule has 0 aromatic heterocycles. The quantitative estimate of drug-likeness (QED) is 0.0195. The summed E-state index contributed by atoms with van der Waals surface area (Å²) in [5, 5.41) is 54.3. The average molecular weight is 1170 g/mol. The molecule has 7 atom stereocenters. The molecule has 1 rings (SSSR count). The maximum Gasteiger partial charge on any atom is 0.305 e. The van der Waals surface area contributed by atoms with Gasteiger partial charge in [-0.25, -0.2) is 0 Å². The van der Waals surface area contributed by atoms with Gasteiger partial charge in [-0.05, 0) is 83.5 Å². The second-order valence-electron chi connectivity index (χ2n) is 24.9. The first-order valence-corrected chi connectivity index (χ1v) is 35.8. The second kappa shape index (κ2) is 61.5. The van der Waals surface area contributed by atoms with E-state index in [1.54, 1.807) is 6.08 Å². The maximum absolute atomic E-state index is 13.0. The Kier molecular flexibility index (Phi) is 58.5. The summed E-state index contributed by atoms with van der Waals surface area (Å²) in [6.07, 6.45) is 68.8. The van der Waals surface area contributed by atoms with Crippen molar-refractivity contribution in [3.8, 4) is 0 Å². The van der Waals surface area contributed by atoms with Gasteiger partial charge in [0.15, 0.2) is 6.29 Å². The van der Waals surface area contributed by atoms with E-state index >= 15 is 0 Å². The molecule has 0 aromatic rings. The van der Waals surface area contributed by atoms with Gasteiger partial charge in [-0.2, -0.15) is 0 Å². The van der Waals surface area contributed by atoms with Gasteiger partial charge in [-0.15, -0.1) is 0 Å². The van der Waals surface area contributed by atoms with Crippen molar-refractivity contribution in [2.24, 2.45) is 0 Å². The minimum atomic E-state index is -1.57. The summed E-state index contributed by atoms with van der Waals surface area (Å²) in [5.41, 5.74) is 0. The zero-order chi connectivity index (χ0) is 60.2. The summed E-state index contributed by atoms with van der Waals surface area (Å²) in [7, 11) is 0. The lowest BCUT2D eigenvalue weighted by atomic mass is 9.99. The molecule has 0 bridgehead atoms. The molecule has 7 unspecified atom stereocenters. The smallest absolute Gasteiger partial charge is 0.305 e. The van der Waals surface area contributed by atoms with Crippen molar-refractivity contribution in [3.05, 3.63) is 36.5 Å². The topological polar surface area (TPSA) is 175 Å². The number of ether oxygens (including phenoxy) is 3. The van der Waals surface area contributed by atoms with Crippen LogP contribution in [0.1, 0.15) is 348 Å². The highest BCUT2D eigenvalue weighted by atomic mass is 16.7. The fourth-order valence-electron chi connectivity index (χ4n) is 11.3. The van der Waals surface area contributed by atoms with E-state index in [4.69, 9.17) is 14.2 Å². The van der Waals surface area contributed by atoms with Crippen LogP contribution in [-0.2, 0) is 23.8 Å². The lowest BCUT2D eigenvalue weighted by Crippen LogP contribution is -2.60. The van der Waals surface area contributed by atoms with Gasteiger partial charge in [0.25, 0.3) is 0 Å². The Hall–Kier alpha value is -2.12. The van der Waals surface area contributed by atoms with Gasteiger partial charge in [-0.1, -0.05) is 288 Å². The van der Waals surface area contributed by atoms with Gasteiger partial charge in [0.1, 0.15) is 24.4 Å². The first-order valence-electron chi connectivity index (χ1n) is 35.8. The predicted molar refractivity (Wildman–Crippen MR) is 347 cm³/mol. The van der Waals surface area contributed by atoms with Crippen LogP contribution >= 0.6 is 0 Å². The van der Waals surface area contributed by atoms with Crippen molar-refractivity contribution in [2.75, 3.05) is 19.8 Å².